The Hall–Kier alpha value is -0.830. The highest BCUT2D eigenvalue weighted by Crippen LogP contribution is 2.49. The zero-order chi connectivity index (χ0) is 12.5. The van der Waals surface area contributed by atoms with Gasteiger partial charge in [-0.05, 0) is 38.5 Å². The molecule has 1 aliphatic carbocycles. The van der Waals surface area contributed by atoms with Crippen molar-refractivity contribution >= 4 is 0 Å². The van der Waals surface area contributed by atoms with Gasteiger partial charge in [-0.25, -0.2) is 0 Å². The molecule has 1 saturated carbocycles. The second kappa shape index (κ2) is 4.81. The molecule has 0 saturated heterocycles. The molecule has 0 radical (unpaired) electrons. The first-order valence-electron chi connectivity index (χ1n) is 6.80. The summed E-state index contributed by atoms with van der Waals surface area (Å²) in [5.74, 6) is 0. The van der Waals surface area contributed by atoms with Crippen molar-refractivity contribution < 1.29 is 0 Å². The molecule has 1 aliphatic rings. The van der Waals surface area contributed by atoms with Crippen LogP contribution in [0, 0.1) is 12.3 Å². The third kappa shape index (κ3) is 2.89. The van der Waals surface area contributed by atoms with Gasteiger partial charge in [0.05, 0.1) is 5.69 Å². The highest BCUT2D eigenvalue weighted by atomic mass is 15.3. The Morgan fingerprint density at radius 3 is 2.71 bits per heavy atom. The molecule has 96 valence electrons. The minimum absolute atomic E-state index is 0.415. The van der Waals surface area contributed by atoms with Gasteiger partial charge in [-0.15, -0.1) is 0 Å². The van der Waals surface area contributed by atoms with E-state index >= 15 is 0 Å². The predicted molar refractivity (Wildman–Crippen MR) is 70.9 cm³/mol. The molecule has 0 aliphatic heterocycles. The number of aromatic nitrogens is 2. The maximum absolute atomic E-state index is 4.41. The summed E-state index contributed by atoms with van der Waals surface area (Å²) < 4.78 is 1.90. The summed E-state index contributed by atoms with van der Waals surface area (Å²) >= 11 is 0. The van der Waals surface area contributed by atoms with E-state index in [1.165, 1.54) is 31.2 Å². The third-order valence-corrected chi connectivity index (χ3v) is 4.04. The molecule has 1 unspecified atom stereocenters. The Bertz CT molecular complexity index is 377. The Morgan fingerprint density at radius 1 is 1.53 bits per heavy atom. The largest absolute Gasteiger partial charge is 0.310 e. The number of nitrogens with zero attached hydrogens (tertiary/aromatic N) is 2. The van der Waals surface area contributed by atoms with Crippen LogP contribution in [0.3, 0.4) is 0 Å². The van der Waals surface area contributed by atoms with Gasteiger partial charge in [0.2, 0.25) is 0 Å². The van der Waals surface area contributed by atoms with Crippen LogP contribution < -0.4 is 5.32 Å². The predicted octanol–water partition coefficient (Wildman–Crippen LogP) is 2.96. The number of hydrogen-bond acceptors (Lipinski definition) is 2. The zero-order valence-corrected chi connectivity index (χ0v) is 11.6. The lowest BCUT2D eigenvalue weighted by atomic mass is 10.00. The summed E-state index contributed by atoms with van der Waals surface area (Å²) in [6.45, 7) is 7.78. The molecular formula is C14H25N3. The fourth-order valence-electron chi connectivity index (χ4n) is 2.74. The molecule has 0 bridgehead atoms. The second-order valence-electron chi connectivity index (χ2n) is 5.70. The fourth-order valence-corrected chi connectivity index (χ4v) is 2.74. The van der Waals surface area contributed by atoms with E-state index in [0.29, 0.717) is 11.5 Å². The van der Waals surface area contributed by atoms with Gasteiger partial charge in [0.1, 0.15) is 0 Å². The molecule has 1 heterocycles. The summed E-state index contributed by atoms with van der Waals surface area (Å²) in [6, 6.07) is 0.415. The smallest absolute Gasteiger partial charge is 0.0641 e. The van der Waals surface area contributed by atoms with Gasteiger partial charge >= 0.3 is 0 Å². The topological polar surface area (TPSA) is 29.9 Å². The van der Waals surface area contributed by atoms with Crippen LogP contribution in [-0.4, -0.2) is 16.3 Å². The van der Waals surface area contributed by atoms with Gasteiger partial charge < -0.3 is 5.32 Å². The molecule has 1 aromatic rings. The van der Waals surface area contributed by atoms with Crippen molar-refractivity contribution in [1.29, 1.82) is 0 Å². The summed E-state index contributed by atoms with van der Waals surface area (Å²) in [4.78, 5) is 0. The van der Waals surface area contributed by atoms with Crippen LogP contribution in [0.2, 0.25) is 0 Å². The van der Waals surface area contributed by atoms with Crippen LogP contribution in [0.4, 0.5) is 0 Å². The average Bonchev–Trinajstić information content (AvgIpc) is 2.95. The summed E-state index contributed by atoms with van der Waals surface area (Å²) in [5, 5.41) is 8.09. The maximum atomic E-state index is 4.41. The van der Waals surface area contributed by atoms with Gasteiger partial charge in [-0.2, -0.15) is 5.10 Å². The van der Waals surface area contributed by atoms with Crippen LogP contribution in [0.15, 0.2) is 6.20 Å². The van der Waals surface area contributed by atoms with Crippen molar-refractivity contribution in [1.82, 2.24) is 15.1 Å². The number of nitrogens with one attached hydrogen (secondary N) is 1. The Balaban J connectivity index is 1.89. The van der Waals surface area contributed by atoms with Gasteiger partial charge in [-0.3, -0.25) is 4.68 Å². The van der Waals surface area contributed by atoms with Gasteiger partial charge in [0.15, 0.2) is 0 Å². The normalized spacial score (nSPS) is 19.3. The highest BCUT2D eigenvalue weighted by molar-refractivity contribution is 5.19. The highest BCUT2D eigenvalue weighted by Gasteiger charge is 2.41. The maximum Gasteiger partial charge on any atom is 0.0641 e. The Morgan fingerprint density at radius 2 is 2.24 bits per heavy atom. The van der Waals surface area contributed by atoms with E-state index in [1.54, 1.807) is 0 Å². The first kappa shape index (κ1) is 12.6. The minimum Gasteiger partial charge on any atom is -0.310 e. The molecule has 3 nitrogen and oxygen atoms in total. The fraction of sp³-hybridized carbons (Fsp3) is 0.786. The van der Waals surface area contributed by atoms with Crippen molar-refractivity contribution in [3.05, 3.63) is 17.5 Å². The van der Waals surface area contributed by atoms with Crippen LogP contribution in [0.25, 0.3) is 0 Å². The monoisotopic (exact) mass is 235 g/mol. The molecule has 0 amide bonds. The minimum atomic E-state index is 0.415. The van der Waals surface area contributed by atoms with E-state index in [4.69, 9.17) is 0 Å². The van der Waals surface area contributed by atoms with E-state index < -0.39 is 0 Å². The molecule has 1 atom stereocenters. The average molecular weight is 235 g/mol. The molecular weight excluding hydrogens is 210 g/mol. The molecule has 1 fully saturated rings. The molecule has 1 aromatic heterocycles. The molecule has 3 heteroatoms. The van der Waals surface area contributed by atoms with E-state index in [-0.39, 0.29) is 0 Å². The van der Waals surface area contributed by atoms with Crippen LogP contribution in [0.5, 0.6) is 0 Å². The number of aryl methyl sites for hydroxylation is 2. The lowest BCUT2D eigenvalue weighted by Gasteiger charge is -2.19. The van der Waals surface area contributed by atoms with E-state index in [1.807, 2.05) is 11.7 Å². The van der Waals surface area contributed by atoms with Crippen molar-refractivity contribution in [3.63, 3.8) is 0 Å². The second-order valence-corrected chi connectivity index (χ2v) is 5.70. The first-order valence-corrected chi connectivity index (χ1v) is 6.80. The summed E-state index contributed by atoms with van der Waals surface area (Å²) in [7, 11) is 1.99. The van der Waals surface area contributed by atoms with Crippen molar-refractivity contribution in [2.45, 2.75) is 52.5 Å². The Labute approximate surface area is 105 Å². The van der Waals surface area contributed by atoms with Crippen molar-refractivity contribution in [2.75, 3.05) is 6.54 Å². The van der Waals surface area contributed by atoms with Gasteiger partial charge in [-0.1, -0.05) is 13.3 Å². The summed E-state index contributed by atoms with van der Waals surface area (Å²) in [6.07, 6.45) is 7.63. The molecule has 17 heavy (non-hydrogen) atoms. The molecule has 0 aromatic carbocycles. The molecule has 2 rings (SSSR count). The number of rotatable bonds is 6. The molecule has 0 spiro atoms. The van der Waals surface area contributed by atoms with Crippen LogP contribution in [-0.2, 0) is 7.05 Å². The lowest BCUT2D eigenvalue weighted by Crippen LogP contribution is -2.27. The Kier molecular flexibility index (Phi) is 3.57. The van der Waals surface area contributed by atoms with Gasteiger partial charge in [0.25, 0.3) is 0 Å². The van der Waals surface area contributed by atoms with E-state index in [0.717, 1.165) is 12.2 Å². The lowest BCUT2D eigenvalue weighted by molar-refractivity contribution is 0.397. The molecule has 1 N–H and O–H groups in total. The quantitative estimate of drug-likeness (QED) is 0.821. The third-order valence-electron chi connectivity index (χ3n) is 4.04. The van der Waals surface area contributed by atoms with E-state index in [2.05, 4.69) is 37.4 Å². The van der Waals surface area contributed by atoms with Crippen LogP contribution in [0.1, 0.15) is 56.8 Å². The first-order chi connectivity index (χ1) is 8.06. The van der Waals surface area contributed by atoms with Crippen LogP contribution >= 0.6 is 0 Å². The standard InChI is InChI=1S/C14H25N3/c1-5-6-14(7-8-14)10-15-11(2)13-9-17(4)16-12(13)3/h9,11,15H,5-8,10H2,1-4H3. The van der Waals surface area contributed by atoms with Crippen molar-refractivity contribution in [3.8, 4) is 0 Å². The van der Waals surface area contributed by atoms with Crippen molar-refractivity contribution in [2.24, 2.45) is 12.5 Å². The SMILES string of the molecule is CCCC1(CNC(C)c2cn(C)nc2C)CC1. The van der Waals surface area contributed by atoms with Gasteiger partial charge in [0, 0.05) is 31.4 Å². The summed E-state index contributed by atoms with van der Waals surface area (Å²) in [5.41, 5.74) is 3.10. The zero-order valence-electron chi connectivity index (χ0n) is 11.6. The number of hydrogen-bond donors (Lipinski definition) is 1. The van der Waals surface area contributed by atoms with E-state index in [9.17, 15) is 0 Å².